The molecule has 0 spiro atoms. The average molecular weight is 223 g/mol. The lowest BCUT2D eigenvalue weighted by molar-refractivity contribution is -0.118. The molecule has 0 heterocycles. The highest BCUT2D eigenvalue weighted by Crippen LogP contribution is 2.12. The number of rotatable bonds is 6. The van der Waals surface area contributed by atoms with Crippen LogP contribution in [-0.4, -0.2) is 5.78 Å². The molecule has 0 radical (unpaired) electrons. The van der Waals surface area contributed by atoms with Gasteiger partial charge in [0.25, 0.3) is 0 Å². The predicted molar refractivity (Wildman–Crippen MR) is 64.2 cm³/mol. The number of hydrogen-bond acceptors (Lipinski definition) is 1. The maximum Gasteiger partial charge on any atom is 0.137 e. The highest BCUT2D eigenvalue weighted by atomic mass is 35.5. The Hall–Kier alpha value is -1.08. The molecule has 0 saturated heterocycles. The highest BCUT2D eigenvalue weighted by Gasteiger charge is 2.03. The quantitative estimate of drug-likeness (QED) is 0.529. The highest BCUT2D eigenvalue weighted by molar-refractivity contribution is 6.30. The second-order valence-corrected chi connectivity index (χ2v) is 3.96. The molecule has 1 rings (SSSR count). The number of ketones is 1. The smallest absolute Gasteiger partial charge is 0.137 e. The van der Waals surface area contributed by atoms with Crippen LogP contribution in [0.4, 0.5) is 0 Å². The summed E-state index contributed by atoms with van der Waals surface area (Å²) in [7, 11) is 0. The van der Waals surface area contributed by atoms with Gasteiger partial charge in [-0.3, -0.25) is 4.79 Å². The number of carbonyl (C=O) groups excluding carboxylic acids is 1. The number of carbonyl (C=O) groups is 1. The second kappa shape index (κ2) is 6.41. The molecule has 0 bridgehead atoms. The summed E-state index contributed by atoms with van der Waals surface area (Å²) in [5.41, 5.74) is 0.992. The molecule has 15 heavy (non-hydrogen) atoms. The molecule has 0 aliphatic carbocycles. The number of allylic oxidation sites excluding steroid dienone is 1. The van der Waals surface area contributed by atoms with Crippen molar-refractivity contribution in [1.82, 2.24) is 0 Å². The van der Waals surface area contributed by atoms with Gasteiger partial charge in [0.2, 0.25) is 0 Å². The van der Waals surface area contributed by atoms with Gasteiger partial charge in [-0.1, -0.05) is 29.8 Å². The van der Waals surface area contributed by atoms with E-state index in [1.807, 2.05) is 30.3 Å². The van der Waals surface area contributed by atoms with E-state index in [9.17, 15) is 4.79 Å². The van der Waals surface area contributed by atoms with E-state index in [0.717, 1.165) is 18.4 Å². The van der Waals surface area contributed by atoms with E-state index in [1.54, 1.807) is 0 Å². The van der Waals surface area contributed by atoms with Crippen molar-refractivity contribution < 1.29 is 4.79 Å². The number of hydrogen-bond donors (Lipinski definition) is 0. The fourth-order valence-corrected chi connectivity index (χ4v) is 1.62. The third kappa shape index (κ3) is 4.80. The van der Waals surface area contributed by atoms with Crippen molar-refractivity contribution in [3.63, 3.8) is 0 Å². The predicted octanol–water partition coefficient (Wildman–Crippen LogP) is 3.81. The Morgan fingerprint density at radius 1 is 1.47 bits per heavy atom. The van der Waals surface area contributed by atoms with E-state index in [-0.39, 0.29) is 5.78 Å². The number of unbranched alkanes of at least 4 members (excludes halogenated alkanes) is 1. The lowest BCUT2D eigenvalue weighted by atomic mass is 10.1. The molecule has 2 heteroatoms. The molecule has 1 aromatic rings. The van der Waals surface area contributed by atoms with Crippen molar-refractivity contribution in [2.24, 2.45) is 0 Å². The van der Waals surface area contributed by atoms with Crippen LogP contribution >= 0.6 is 11.6 Å². The molecule has 0 amide bonds. The first-order valence-corrected chi connectivity index (χ1v) is 5.47. The van der Waals surface area contributed by atoms with Crippen LogP contribution in [0.5, 0.6) is 0 Å². The molecule has 0 unspecified atom stereocenters. The molecule has 1 aromatic carbocycles. The summed E-state index contributed by atoms with van der Waals surface area (Å²) in [5.74, 6) is 0.263. The molecule has 0 atom stereocenters. The number of halogens is 1. The minimum absolute atomic E-state index is 0.263. The van der Waals surface area contributed by atoms with E-state index >= 15 is 0 Å². The summed E-state index contributed by atoms with van der Waals surface area (Å²) in [6, 6.07) is 7.45. The Kier molecular flexibility index (Phi) is 5.13. The van der Waals surface area contributed by atoms with Crippen LogP contribution < -0.4 is 0 Å². The summed E-state index contributed by atoms with van der Waals surface area (Å²) >= 11 is 5.83. The standard InChI is InChI=1S/C13H15ClO/c1-2-3-4-8-13(15)10-11-6-5-7-12(14)9-11/h2,5-7,9H,1,3-4,8,10H2. The van der Waals surface area contributed by atoms with Crippen LogP contribution in [0.15, 0.2) is 36.9 Å². The van der Waals surface area contributed by atoms with Crippen LogP contribution in [0, 0.1) is 0 Å². The van der Waals surface area contributed by atoms with Gasteiger partial charge in [0, 0.05) is 17.9 Å². The summed E-state index contributed by atoms with van der Waals surface area (Å²) in [4.78, 5) is 11.5. The zero-order valence-corrected chi connectivity index (χ0v) is 9.46. The summed E-state index contributed by atoms with van der Waals surface area (Å²) in [6.07, 6.45) is 4.74. The van der Waals surface area contributed by atoms with Gasteiger partial charge in [-0.2, -0.15) is 0 Å². The first-order chi connectivity index (χ1) is 7.22. The Morgan fingerprint density at radius 3 is 2.93 bits per heavy atom. The molecule has 1 nitrogen and oxygen atoms in total. The van der Waals surface area contributed by atoms with Crippen molar-refractivity contribution in [2.45, 2.75) is 25.7 Å². The van der Waals surface area contributed by atoms with Crippen molar-refractivity contribution in [3.8, 4) is 0 Å². The third-order valence-corrected chi connectivity index (χ3v) is 2.39. The summed E-state index contributed by atoms with van der Waals surface area (Å²) in [6.45, 7) is 3.62. The van der Waals surface area contributed by atoms with Gasteiger partial charge in [-0.25, -0.2) is 0 Å². The fraction of sp³-hybridized carbons (Fsp3) is 0.308. The number of Topliss-reactive ketones (excluding diaryl/α,β-unsaturated/α-hetero) is 1. The van der Waals surface area contributed by atoms with Gasteiger partial charge >= 0.3 is 0 Å². The molecular weight excluding hydrogens is 208 g/mol. The van der Waals surface area contributed by atoms with Gasteiger partial charge < -0.3 is 0 Å². The summed E-state index contributed by atoms with van der Waals surface area (Å²) in [5, 5.41) is 0.686. The van der Waals surface area contributed by atoms with Crippen LogP contribution in [0.2, 0.25) is 5.02 Å². The second-order valence-electron chi connectivity index (χ2n) is 3.53. The first kappa shape index (κ1) is 12.0. The van der Waals surface area contributed by atoms with E-state index in [2.05, 4.69) is 6.58 Å². The van der Waals surface area contributed by atoms with Gasteiger partial charge in [-0.05, 0) is 30.5 Å². The van der Waals surface area contributed by atoms with E-state index in [1.165, 1.54) is 0 Å². The van der Waals surface area contributed by atoms with Gasteiger partial charge in [0.05, 0.1) is 0 Å². The Bertz CT molecular complexity index is 344. The van der Waals surface area contributed by atoms with Crippen molar-refractivity contribution in [3.05, 3.63) is 47.5 Å². The van der Waals surface area contributed by atoms with Crippen molar-refractivity contribution in [1.29, 1.82) is 0 Å². The van der Waals surface area contributed by atoms with Crippen molar-refractivity contribution in [2.75, 3.05) is 0 Å². The lowest BCUT2D eigenvalue weighted by Crippen LogP contribution is -2.02. The average Bonchev–Trinajstić information content (AvgIpc) is 2.18. The Morgan fingerprint density at radius 2 is 2.27 bits per heavy atom. The minimum Gasteiger partial charge on any atom is -0.299 e. The molecule has 0 fully saturated rings. The monoisotopic (exact) mass is 222 g/mol. The SMILES string of the molecule is C=CCCCC(=O)Cc1cccc(Cl)c1. The topological polar surface area (TPSA) is 17.1 Å². The zero-order valence-electron chi connectivity index (χ0n) is 8.71. The normalized spacial score (nSPS) is 9.93. The van der Waals surface area contributed by atoms with Gasteiger partial charge in [0.15, 0.2) is 0 Å². The zero-order chi connectivity index (χ0) is 11.1. The Balaban J connectivity index is 2.40. The maximum absolute atomic E-state index is 11.5. The molecule has 0 aromatic heterocycles. The van der Waals surface area contributed by atoms with E-state index < -0.39 is 0 Å². The molecule has 80 valence electrons. The van der Waals surface area contributed by atoms with Gasteiger partial charge in [0.1, 0.15) is 5.78 Å². The molecular formula is C13H15ClO. The fourth-order valence-electron chi connectivity index (χ4n) is 1.41. The van der Waals surface area contributed by atoms with Crippen molar-refractivity contribution >= 4 is 17.4 Å². The maximum atomic E-state index is 11.5. The summed E-state index contributed by atoms with van der Waals surface area (Å²) < 4.78 is 0. The molecule has 0 N–H and O–H groups in total. The minimum atomic E-state index is 0.263. The third-order valence-electron chi connectivity index (χ3n) is 2.15. The van der Waals surface area contributed by atoms with Crippen LogP contribution in [-0.2, 0) is 11.2 Å². The molecule has 0 aliphatic rings. The van der Waals surface area contributed by atoms with Crippen LogP contribution in [0.25, 0.3) is 0 Å². The van der Waals surface area contributed by atoms with Gasteiger partial charge in [-0.15, -0.1) is 6.58 Å². The molecule has 0 aliphatic heterocycles. The van der Waals surface area contributed by atoms with Crippen LogP contribution in [0.1, 0.15) is 24.8 Å². The lowest BCUT2D eigenvalue weighted by Gasteiger charge is -2.01. The first-order valence-electron chi connectivity index (χ1n) is 5.09. The molecule has 0 saturated carbocycles. The Labute approximate surface area is 95.8 Å². The largest absolute Gasteiger partial charge is 0.299 e. The van der Waals surface area contributed by atoms with E-state index in [4.69, 9.17) is 11.6 Å². The number of benzene rings is 1. The van der Waals surface area contributed by atoms with Crippen LogP contribution in [0.3, 0.4) is 0 Å². The van der Waals surface area contributed by atoms with E-state index in [0.29, 0.717) is 17.9 Å².